The molecule has 0 atom stereocenters. The first-order valence-electron chi connectivity index (χ1n) is 4.87. The molecule has 0 saturated heterocycles. The zero-order chi connectivity index (χ0) is 10.8. The molecular formula is C11H14N4. The fourth-order valence-corrected chi connectivity index (χ4v) is 1.45. The molecule has 2 N–H and O–H groups in total. The molecule has 0 amide bonds. The van der Waals surface area contributed by atoms with Crippen LogP contribution in [-0.2, 0) is 6.54 Å². The van der Waals surface area contributed by atoms with E-state index in [2.05, 4.69) is 10.1 Å². The molecule has 2 rings (SSSR count). The molecule has 0 aliphatic heterocycles. The van der Waals surface area contributed by atoms with Crippen LogP contribution >= 0.6 is 0 Å². The lowest BCUT2D eigenvalue weighted by molar-refractivity contribution is 0.650. The van der Waals surface area contributed by atoms with Gasteiger partial charge in [-0.3, -0.25) is 9.67 Å². The first-order chi connectivity index (χ1) is 7.18. The normalized spacial score (nSPS) is 10.5. The molecule has 15 heavy (non-hydrogen) atoms. The minimum absolute atomic E-state index is 0.676. The van der Waals surface area contributed by atoms with E-state index in [-0.39, 0.29) is 0 Å². The van der Waals surface area contributed by atoms with Crippen LogP contribution in [0.4, 0.5) is 5.69 Å². The SMILES string of the molecule is Cc1cccnc1Cn1ncc(N)c1C. The van der Waals surface area contributed by atoms with Gasteiger partial charge in [-0.25, -0.2) is 0 Å². The second kappa shape index (κ2) is 3.73. The van der Waals surface area contributed by atoms with Gasteiger partial charge in [0.25, 0.3) is 0 Å². The molecule has 0 radical (unpaired) electrons. The van der Waals surface area contributed by atoms with Crippen LogP contribution in [0, 0.1) is 13.8 Å². The van der Waals surface area contributed by atoms with E-state index in [9.17, 15) is 0 Å². The molecule has 4 nitrogen and oxygen atoms in total. The summed E-state index contributed by atoms with van der Waals surface area (Å²) in [6, 6.07) is 3.98. The number of aryl methyl sites for hydroxylation is 1. The fourth-order valence-electron chi connectivity index (χ4n) is 1.45. The van der Waals surface area contributed by atoms with Crippen molar-refractivity contribution in [3.8, 4) is 0 Å². The largest absolute Gasteiger partial charge is 0.396 e. The molecule has 0 spiro atoms. The molecule has 0 saturated carbocycles. The van der Waals surface area contributed by atoms with Crippen molar-refractivity contribution < 1.29 is 0 Å². The predicted octanol–water partition coefficient (Wildman–Crippen LogP) is 1.53. The maximum atomic E-state index is 5.73. The number of nitrogens with zero attached hydrogens (tertiary/aromatic N) is 3. The summed E-state index contributed by atoms with van der Waals surface area (Å²) < 4.78 is 1.87. The van der Waals surface area contributed by atoms with Gasteiger partial charge in [-0.15, -0.1) is 0 Å². The van der Waals surface area contributed by atoms with Gasteiger partial charge in [0.2, 0.25) is 0 Å². The van der Waals surface area contributed by atoms with Crippen molar-refractivity contribution in [3.63, 3.8) is 0 Å². The Morgan fingerprint density at radius 3 is 2.80 bits per heavy atom. The minimum Gasteiger partial charge on any atom is -0.396 e. The van der Waals surface area contributed by atoms with Crippen LogP contribution in [0.1, 0.15) is 17.0 Å². The van der Waals surface area contributed by atoms with Crippen molar-refractivity contribution in [1.29, 1.82) is 0 Å². The highest BCUT2D eigenvalue weighted by Crippen LogP contribution is 2.11. The van der Waals surface area contributed by atoms with E-state index < -0.39 is 0 Å². The highest BCUT2D eigenvalue weighted by Gasteiger charge is 2.05. The average molecular weight is 202 g/mol. The quantitative estimate of drug-likeness (QED) is 0.803. The third-order valence-electron chi connectivity index (χ3n) is 2.56. The summed E-state index contributed by atoms with van der Waals surface area (Å²) in [5.74, 6) is 0. The Hall–Kier alpha value is -1.84. The van der Waals surface area contributed by atoms with Crippen molar-refractivity contribution in [2.24, 2.45) is 0 Å². The summed E-state index contributed by atoms with van der Waals surface area (Å²) >= 11 is 0. The van der Waals surface area contributed by atoms with Gasteiger partial charge in [-0.1, -0.05) is 6.07 Å². The van der Waals surface area contributed by atoms with Gasteiger partial charge in [0.15, 0.2) is 0 Å². The third kappa shape index (κ3) is 1.83. The Bertz CT molecular complexity index is 473. The maximum Gasteiger partial charge on any atom is 0.0837 e. The number of hydrogen-bond acceptors (Lipinski definition) is 3. The smallest absolute Gasteiger partial charge is 0.0837 e. The predicted molar refractivity (Wildman–Crippen MR) is 59.5 cm³/mol. The molecule has 4 heteroatoms. The Morgan fingerprint density at radius 1 is 1.40 bits per heavy atom. The number of rotatable bonds is 2. The number of nitrogens with two attached hydrogens (primary N) is 1. The fraction of sp³-hybridized carbons (Fsp3) is 0.273. The van der Waals surface area contributed by atoms with Crippen molar-refractivity contribution in [2.75, 3.05) is 5.73 Å². The Morgan fingerprint density at radius 2 is 2.20 bits per heavy atom. The van der Waals surface area contributed by atoms with Crippen LogP contribution in [0.5, 0.6) is 0 Å². The van der Waals surface area contributed by atoms with E-state index in [4.69, 9.17) is 5.73 Å². The summed E-state index contributed by atoms with van der Waals surface area (Å²) in [5.41, 5.74) is 9.64. The van der Waals surface area contributed by atoms with Gasteiger partial charge in [0.1, 0.15) is 0 Å². The molecule has 2 heterocycles. The highest BCUT2D eigenvalue weighted by molar-refractivity contribution is 5.40. The van der Waals surface area contributed by atoms with E-state index in [0.717, 1.165) is 17.1 Å². The second-order valence-electron chi connectivity index (χ2n) is 3.61. The minimum atomic E-state index is 0.676. The molecule has 0 bridgehead atoms. The molecule has 0 aromatic carbocycles. The molecule has 2 aromatic heterocycles. The van der Waals surface area contributed by atoms with Crippen molar-refractivity contribution >= 4 is 5.69 Å². The topological polar surface area (TPSA) is 56.7 Å². The maximum absolute atomic E-state index is 5.73. The standard InChI is InChI=1S/C11H14N4/c1-8-4-3-5-13-11(8)7-15-9(2)10(12)6-14-15/h3-6H,7,12H2,1-2H3. The van der Waals surface area contributed by atoms with Crippen molar-refractivity contribution in [1.82, 2.24) is 14.8 Å². The van der Waals surface area contributed by atoms with E-state index in [1.807, 2.05) is 30.7 Å². The zero-order valence-electron chi connectivity index (χ0n) is 8.94. The molecular weight excluding hydrogens is 188 g/mol. The van der Waals surface area contributed by atoms with Gasteiger partial charge in [0.05, 0.1) is 29.8 Å². The number of anilines is 1. The van der Waals surface area contributed by atoms with Crippen molar-refractivity contribution in [2.45, 2.75) is 20.4 Å². The van der Waals surface area contributed by atoms with Crippen LogP contribution in [0.25, 0.3) is 0 Å². The summed E-state index contributed by atoms with van der Waals surface area (Å²) in [5, 5.41) is 4.20. The van der Waals surface area contributed by atoms with E-state index in [0.29, 0.717) is 6.54 Å². The monoisotopic (exact) mass is 202 g/mol. The van der Waals surface area contributed by atoms with Gasteiger partial charge >= 0.3 is 0 Å². The van der Waals surface area contributed by atoms with Gasteiger partial charge in [-0.2, -0.15) is 5.10 Å². The molecule has 0 unspecified atom stereocenters. The molecule has 0 aliphatic rings. The number of pyridine rings is 1. The van der Waals surface area contributed by atoms with E-state index >= 15 is 0 Å². The van der Waals surface area contributed by atoms with Crippen LogP contribution in [0.2, 0.25) is 0 Å². The first kappa shape index (κ1) is 9.71. The van der Waals surface area contributed by atoms with Crippen molar-refractivity contribution in [3.05, 3.63) is 41.5 Å². The molecule has 78 valence electrons. The summed E-state index contributed by atoms with van der Waals surface area (Å²) in [4.78, 5) is 4.32. The highest BCUT2D eigenvalue weighted by atomic mass is 15.3. The Balaban J connectivity index is 2.30. The second-order valence-corrected chi connectivity index (χ2v) is 3.61. The van der Waals surface area contributed by atoms with Crippen LogP contribution in [0.3, 0.4) is 0 Å². The average Bonchev–Trinajstić information content (AvgIpc) is 2.53. The zero-order valence-corrected chi connectivity index (χ0v) is 8.94. The summed E-state index contributed by atoms with van der Waals surface area (Å²) in [7, 11) is 0. The molecule has 0 fully saturated rings. The first-order valence-corrected chi connectivity index (χ1v) is 4.87. The van der Waals surface area contributed by atoms with E-state index in [1.165, 1.54) is 5.56 Å². The van der Waals surface area contributed by atoms with Gasteiger partial charge < -0.3 is 5.73 Å². The third-order valence-corrected chi connectivity index (χ3v) is 2.56. The lowest BCUT2D eigenvalue weighted by Gasteiger charge is -2.06. The van der Waals surface area contributed by atoms with Gasteiger partial charge in [0, 0.05) is 6.20 Å². The lowest BCUT2D eigenvalue weighted by atomic mass is 10.2. The Kier molecular flexibility index (Phi) is 2.41. The van der Waals surface area contributed by atoms with Gasteiger partial charge in [-0.05, 0) is 25.5 Å². The number of nitrogen functional groups attached to an aromatic ring is 1. The number of hydrogen-bond donors (Lipinski definition) is 1. The molecule has 2 aromatic rings. The van der Waals surface area contributed by atoms with E-state index in [1.54, 1.807) is 12.4 Å². The lowest BCUT2D eigenvalue weighted by Crippen LogP contribution is -2.07. The summed E-state index contributed by atoms with van der Waals surface area (Å²) in [6.45, 7) is 4.68. The number of aromatic nitrogens is 3. The molecule has 0 aliphatic carbocycles. The Labute approximate surface area is 88.8 Å². The van der Waals surface area contributed by atoms with Crippen LogP contribution in [-0.4, -0.2) is 14.8 Å². The van der Waals surface area contributed by atoms with Crippen LogP contribution in [0.15, 0.2) is 24.5 Å². The van der Waals surface area contributed by atoms with Crippen LogP contribution < -0.4 is 5.73 Å². The summed E-state index contributed by atoms with van der Waals surface area (Å²) in [6.07, 6.45) is 3.47.